The zero-order valence-electron chi connectivity index (χ0n) is 18.0. The SMILES string of the molecule is CC(C)(C)c1ccccc1OCC(=O)OCC(=O)N1CCN(c2ccccc2)CC1. The number of nitrogens with zero attached hydrogens (tertiary/aromatic N) is 2. The van der Waals surface area contributed by atoms with Crippen molar-refractivity contribution in [3.63, 3.8) is 0 Å². The molecule has 1 amide bonds. The first-order chi connectivity index (χ1) is 14.3. The highest BCUT2D eigenvalue weighted by atomic mass is 16.6. The molecule has 0 unspecified atom stereocenters. The van der Waals surface area contributed by atoms with Crippen LogP contribution in [0.1, 0.15) is 26.3 Å². The largest absolute Gasteiger partial charge is 0.482 e. The van der Waals surface area contributed by atoms with Crippen molar-refractivity contribution in [1.29, 1.82) is 0 Å². The van der Waals surface area contributed by atoms with Gasteiger partial charge >= 0.3 is 5.97 Å². The van der Waals surface area contributed by atoms with Crippen molar-refractivity contribution in [1.82, 2.24) is 4.90 Å². The predicted octanol–water partition coefficient (Wildman–Crippen LogP) is 3.25. The molecule has 0 bridgehead atoms. The van der Waals surface area contributed by atoms with Crippen LogP contribution in [-0.2, 0) is 19.7 Å². The van der Waals surface area contributed by atoms with Crippen LogP contribution in [0.25, 0.3) is 0 Å². The summed E-state index contributed by atoms with van der Waals surface area (Å²) in [6.45, 7) is 8.53. The molecule has 1 aliphatic rings. The zero-order valence-corrected chi connectivity index (χ0v) is 18.0. The van der Waals surface area contributed by atoms with Crippen molar-refractivity contribution in [2.24, 2.45) is 0 Å². The van der Waals surface area contributed by atoms with Gasteiger partial charge in [-0.05, 0) is 29.2 Å². The molecular weight excluding hydrogens is 380 g/mol. The zero-order chi connectivity index (χ0) is 21.6. The van der Waals surface area contributed by atoms with Gasteiger partial charge in [0.25, 0.3) is 5.91 Å². The molecule has 1 fully saturated rings. The van der Waals surface area contributed by atoms with Gasteiger partial charge in [-0.3, -0.25) is 4.79 Å². The summed E-state index contributed by atoms with van der Waals surface area (Å²) < 4.78 is 10.8. The Labute approximate surface area is 178 Å². The minimum atomic E-state index is -0.546. The maximum Gasteiger partial charge on any atom is 0.344 e. The second-order valence-corrected chi connectivity index (χ2v) is 8.40. The number of benzene rings is 2. The average Bonchev–Trinajstić information content (AvgIpc) is 2.76. The fourth-order valence-corrected chi connectivity index (χ4v) is 3.48. The van der Waals surface area contributed by atoms with Crippen LogP contribution in [0.5, 0.6) is 5.75 Å². The summed E-state index contributed by atoms with van der Waals surface area (Å²) in [5.41, 5.74) is 2.08. The summed E-state index contributed by atoms with van der Waals surface area (Å²) in [5, 5.41) is 0. The number of esters is 1. The van der Waals surface area contributed by atoms with Gasteiger partial charge in [0.15, 0.2) is 13.2 Å². The van der Waals surface area contributed by atoms with Gasteiger partial charge in [-0.2, -0.15) is 0 Å². The fraction of sp³-hybridized carbons (Fsp3) is 0.417. The van der Waals surface area contributed by atoms with E-state index in [2.05, 4.69) is 37.8 Å². The molecule has 1 heterocycles. The third kappa shape index (κ3) is 5.75. The molecule has 0 aliphatic carbocycles. The van der Waals surface area contributed by atoms with Crippen molar-refractivity contribution in [3.8, 4) is 5.75 Å². The summed E-state index contributed by atoms with van der Waals surface area (Å²) >= 11 is 0. The Morgan fingerprint density at radius 1 is 0.867 bits per heavy atom. The number of ether oxygens (including phenoxy) is 2. The van der Waals surface area contributed by atoms with Crippen molar-refractivity contribution >= 4 is 17.6 Å². The second kappa shape index (κ2) is 9.65. The van der Waals surface area contributed by atoms with Crippen LogP contribution < -0.4 is 9.64 Å². The van der Waals surface area contributed by atoms with E-state index < -0.39 is 5.97 Å². The number of piperazine rings is 1. The lowest BCUT2D eigenvalue weighted by Crippen LogP contribution is -2.50. The van der Waals surface area contributed by atoms with E-state index in [0.29, 0.717) is 18.8 Å². The maximum absolute atomic E-state index is 12.4. The summed E-state index contributed by atoms with van der Waals surface area (Å²) in [6, 6.07) is 17.8. The summed E-state index contributed by atoms with van der Waals surface area (Å²) in [6.07, 6.45) is 0. The second-order valence-electron chi connectivity index (χ2n) is 8.40. The molecule has 0 radical (unpaired) electrons. The van der Waals surface area contributed by atoms with Crippen molar-refractivity contribution in [2.45, 2.75) is 26.2 Å². The van der Waals surface area contributed by atoms with Crippen LogP contribution in [-0.4, -0.2) is 56.2 Å². The number of hydrogen-bond acceptors (Lipinski definition) is 5. The van der Waals surface area contributed by atoms with Crippen LogP contribution >= 0.6 is 0 Å². The fourth-order valence-electron chi connectivity index (χ4n) is 3.48. The topological polar surface area (TPSA) is 59.1 Å². The lowest BCUT2D eigenvalue weighted by atomic mass is 9.86. The minimum absolute atomic E-state index is 0.0989. The first-order valence-corrected chi connectivity index (χ1v) is 10.3. The summed E-state index contributed by atoms with van der Waals surface area (Å²) in [5.74, 6) is -0.0635. The lowest BCUT2D eigenvalue weighted by Gasteiger charge is -2.36. The smallest absolute Gasteiger partial charge is 0.344 e. The summed E-state index contributed by atoms with van der Waals surface area (Å²) in [4.78, 5) is 28.5. The third-order valence-electron chi connectivity index (χ3n) is 5.15. The molecule has 0 saturated carbocycles. The molecule has 0 spiro atoms. The number of rotatable bonds is 6. The number of hydrogen-bond donors (Lipinski definition) is 0. The molecule has 2 aromatic carbocycles. The van der Waals surface area contributed by atoms with E-state index in [1.54, 1.807) is 4.90 Å². The molecular formula is C24H30N2O4. The first-order valence-electron chi connectivity index (χ1n) is 10.3. The Kier molecular flexibility index (Phi) is 6.98. The van der Waals surface area contributed by atoms with E-state index in [4.69, 9.17) is 9.47 Å². The molecule has 160 valence electrons. The number of carbonyl (C=O) groups is 2. The number of amides is 1. The van der Waals surface area contributed by atoms with Gasteiger partial charge in [0.05, 0.1) is 0 Å². The number of para-hydroxylation sites is 2. The summed E-state index contributed by atoms with van der Waals surface area (Å²) in [7, 11) is 0. The standard InChI is InChI=1S/C24H30N2O4/c1-24(2,3)20-11-7-8-12-21(20)29-18-23(28)30-17-22(27)26-15-13-25(14-16-26)19-9-5-4-6-10-19/h4-12H,13-18H2,1-3H3. The van der Waals surface area contributed by atoms with Crippen molar-refractivity contribution < 1.29 is 19.1 Å². The first kappa shape index (κ1) is 21.7. The van der Waals surface area contributed by atoms with E-state index >= 15 is 0 Å². The minimum Gasteiger partial charge on any atom is -0.482 e. The Hall–Kier alpha value is -3.02. The van der Waals surface area contributed by atoms with Crippen molar-refractivity contribution in [3.05, 3.63) is 60.2 Å². The average molecular weight is 411 g/mol. The van der Waals surface area contributed by atoms with Crippen LogP contribution in [0, 0.1) is 0 Å². The Morgan fingerprint density at radius 3 is 2.17 bits per heavy atom. The van der Waals surface area contributed by atoms with Crippen molar-refractivity contribution in [2.75, 3.05) is 44.3 Å². The lowest BCUT2D eigenvalue weighted by molar-refractivity contribution is -0.153. The Bertz CT molecular complexity index is 853. The molecule has 3 rings (SSSR count). The molecule has 0 atom stereocenters. The predicted molar refractivity (Wildman–Crippen MR) is 117 cm³/mol. The molecule has 6 nitrogen and oxygen atoms in total. The van der Waals surface area contributed by atoms with Gasteiger partial charge in [0.2, 0.25) is 0 Å². The highest BCUT2D eigenvalue weighted by molar-refractivity contribution is 5.81. The maximum atomic E-state index is 12.4. The van der Waals surface area contributed by atoms with Crippen LogP contribution in [0.2, 0.25) is 0 Å². The molecule has 6 heteroatoms. The van der Waals surface area contributed by atoms with E-state index in [0.717, 1.165) is 24.3 Å². The molecule has 0 aromatic heterocycles. The normalized spacial score (nSPS) is 14.4. The molecule has 1 saturated heterocycles. The quantitative estimate of drug-likeness (QED) is 0.684. The monoisotopic (exact) mass is 410 g/mol. The van der Waals surface area contributed by atoms with Crippen LogP contribution in [0.4, 0.5) is 5.69 Å². The number of anilines is 1. The molecule has 30 heavy (non-hydrogen) atoms. The van der Waals surface area contributed by atoms with E-state index in [9.17, 15) is 9.59 Å². The highest BCUT2D eigenvalue weighted by Gasteiger charge is 2.23. The van der Waals surface area contributed by atoms with E-state index in [1.165, 1.54) is 0 Å². The van der Waals surface area contributed by atoms with Crippen LogP contribution in [0.3, 0.4) is 0 Å². The Balaban J connectivity index is 1.42. The van der Waals surface area contributed by atoms with Crippen LogP contribution in [0.15, 0.2) is 54.6 Å². The van der Waals surface area contributed by atoms with Gasteiger partial charge in [-0.1, -0.05) is 57.2 Å². The highest BCUT2D eigenvalue weighted by Crippen LogP contribution is 2.30. The molecule has 0 N–H and O–H groups in total. The van der Waals surface area contributed by atoms with Gasteiger partial charge in [0.1, 0.15) is 5.75 Å². The molecule has 1 aliphatic heterocycles. The number of carbonyl (C=O) groups excluding carboxylic acids is 2. The van der Waals surface area contributed by atoms with Gasteiger partial charge in [0, 0.05) is 31.9 Å². The van der Waals surface area contributed by atoms with Gasteiger partial charge in [-0.25, -0.2) is 4.79 Å². The molecule has 2 aromatic rings. The van der Waals surface area contributed by atoms with Gasteiger partial charge in [-0.15, -0.1) is 0 Å². The van der Waals surface area contributed by atoms with E-state index in [1.807, 2.05) is 42.5 Å². The van der Waals surface area contributed by atoms with Gasteiger partial charge < -0.3 is 19.3 Å². The Morgan fingerprint density at radius 2 is 1.50 bits per heavy atom. The third-order valence-corrected chi connectivity index (χ3v) is 5.15. The van der Waals surface area contributed by atoms with E-state index in [-0.39, 0.29) is 24.5 Å².